The number of hydrogen-bond donors (Lipinski definition) is 0. The minimum Gasteiger partial charge on any atom is -0.273 e. The molecule has 0 saturated heterocycles. The first-order valence-electron chi connectivity index (χ1n) is 4.39. The van der Waals surface area contributed by atoms with Crippen LogP contribution in [0.1, 0.15) is 32.4 Å². The van der Waals surface area contributed by atoms with Crippen molar-refractivity contribution in [3.63, 3.8) is 0 Å². The summed E-state index contributed by atoms with van der Waals surface area (Å²) in [6.45, 7) is 5.29. The van der Waals surface area contributed by atoms with E-state index in [9.17, 15) is 0 Å². The monoisotopic (exact) mass is 152 g/mol. The average Bonchev–Trinajstić information content (AvgIpc) is 2.48. The molecule has 0 atom stereocenters. The molecule has 2 nitrogen and oxygen atoms in total. The third-order valence-electron chi connectivity index (χ3n) is 1.81. The van der Waals surface area contributed by atoms with Gasteiger partial charge < -0.3 is 0 Å². The molecular weight excluding hydrogens is 136 g/mol. The van der Waals surface area contributed by atoms with E-state index in [0.29, 0.717) is 0 Å². The molecule has 0 bridgehead atoms. The van der Waals surface area contributed by atoms with Gasteiger partial charge in [0.15, 0.2) is 0 Å². The maximum Gasteiger partial charge on any atom is 0.0624 e. The van der Waals surface area contributed by atoms with Crippen LogP contribution in [0.5, 0.6) is 0 Å². The zero-order chi connectivity index (χ0) is 8.10. The summed E-state index contributed by atoms with van der Waals surface area (Å²) in [6, 6.07) is 2.11. The van der Waals surface area contributed by atoms with Gasteiger partial charge in [0.2, 0.25) is 0 Å². The van der Waals surface area contributed by atoms with Gasteiger partial charge in [-0.05, 0) is 25.8 Å². The largest absolute Gasteiger partial charge is 0.273 e. The summed E-state index contributed by atoms with van der Waals surface area (Å²) >= 11 is 0. The Morgan fingerprint density at radius 2 is 2.27 bits per heavy atom. The molecule has 1 aromatic rings. The van der Waals surface area contributed by atoms with Crippen LogP contribution in [0.15, 0.2) is 12.3 Å². The van der Waals surface area contributed by atoms with Crippen molar-refractivity contribution in [3.05, 3.63) is 18.0 Å². The van der Waals surface area contributed by atoms with E-state index in [1.165, 1.54) is 18.5 Å². The lowest BCUT2D eigenvalue weighted by atomic mass is 10.2. The van der Waals surface area contributed by atoms with E-state index in [2.05, 4.69) is 25.0 Å². The molecule has 0 aliphatic heterocycles. The van der Waals surface area contributed by atoms with E-state index < -0.39 is 0 Å². The Labute approximate surface area is 68.2 Å². The molecule has 0 aromatic carbocycles. The zero-order valence-electron chi connectivity index (χ0n) is 7.38. The Kier molecular flexibility index (Phi) is 3.14. The molecule has 0 aliphatic rings. The van der Waals surface area contributed by atoms with Crippen LogP contribution in [0, 0.1) is 0 Å². The van der Waals surface area contributed by atoms with Gasteiger partial charge in [0.1, 0.15) is 0 Å². The molecule has 0 radical (unpaired) electrons. The Hall–Kier alpha value is -0.790. The summed E-state index contributed by atoms with van der Waals surface area (Å²) in [4.78, 5) is 0. The Morgan fingerprint density at radius 1 is 1.45 bits per heavy atom. The number of aryl methyl sites for hydroxylation is 2. The first kappa shape index (κ1) is 8.31. The molecule has 2 heteroatoms. The molecule has 62 valence electrons. The molecule has 11 heavy (non-hydrogen) atoms. The van der Waals surface area contributed by atoms with E-state index in [4.69, 9.17) is 0 Å². The highest BCUT2D eigenvalue weighted by Gasteiger charge is 1.95. The lowest BCUT2D eigenvalue weighted by Crippen LogP contribution is -1.95. The summed E-state index contributed by atoms with van der Waals surface area (Å²) in [6.07, 6.45) is 5.67. The molecular formula is C9H16N2. The molecule has 0 aliphatic carbocycles. The van der Waals surface area contributed by atoms with E-state index in [1.807, 2.05) is 10.9 Å². The molecule has 0 N–H and O–H groups in total. The summed E-state index contributed by atoms with van der Waals surface area (Å²) in [5, 5.41) is 4.38. The van der Waals surface area contributed by atoms with Crippen LogP contribution >= 0.6 is 0 Å². The predicted molar refractivity (Wildman–Crippen MR) is 46.5 cm³/mol. The summed E-state index contributed by atoms with van der Waals surface area (Å²) < 4.78 is 1.98. The molecule has 0 saturated carbocycles. The number of aromatic nitrogens is 2. The van der Waals surface area contributed by atoms with Gasteiger partial charge in [0, 0.05) is 12.7 Å². The van der Waals surface area contributed by atoms with Gasteiger partial charge in [0.05, 0.1) is 5.69 Å². The summed E-state index contributed by atoms with van der Waals surface area (Å²) in [5.74, 6) is 0. The highest BCUT2D eigenvalue weighted by molar-refractivity contribution is 4.98. The molecule has 0 spiro atoms. The fourth-order valence-corrected chi connectivity index (χ4v) is 1.07. The molecule has 1 heterocycles. The second-order valence-electron chi connectivity index (χ2n) is 2.77. The number of unbranched alkanes of at least 4 members (excludes halogenated alkanes) is 1. The SMILES string of the molecule is CCCCc1ccn(CC)n1. The average molecular weight is 152 g/mol. The summed E-state index contributed by atoms with van der Waals surface area (Å²) in [7, 11) is 0. The standard InChI is InChI=1S/C9H16N2/c1-3-5-6-9-7-8-11(4-2)10-9/h7-8H,3-6H2,1-2H3. The maximum atomic E-state index is 4.38. The van der Waals surface area contributed by atoms with Crippen molar-refractivity contribution in [1.82, 2.24) is 9.78 Å². The molecule has 0 unspecified atom stereocenters. The third kappa shape index (κ3) is 2.37. The van der Waals surface area contributed by atoms with Crippen LogP contribution in [0.3, 0.4) is 0 Å². The normalized spacial score (nSPS) is 10.4. The molecule has 0 fully saturated rings. The van der Waals surface area contributed by atoms with Gasteiger partial charge in [-0.15, -0.1) is 0 Å². The Bertz CT molecular complexity index is 203. The van der Waals surface area contributed by atoms with Crippen LogP contribution in [-0.4, -0.2) is 9.78 Å². The van der Waals surface area contributed by atoms with E-state index in [1.54, 1.807) is 0 Å². The molecule has 1 aromatic heterocycles. The zero-order valence-corrected chi connectivity index (χ0v) is 7.38. The molecule has 1 rings (SSSR count). The lowest BCUT2D eigenvalue weighted by molar-refractivity contribution is 0.639. The van der Waals surface area contributed by atoms with Crippen LogP contribution in [0.2, 0.25) is 0 Å². The van der Waals surface area contributed by atoms with Crippen molar-refractivity contribution in [1.29, 1.82) is 0 Å². The van der Waals surface area contributed by atoms with Gasteiger partial charge in [-0.3, -0.25) is 4.68 Å². The highest BCUT2D eigenvalue weighted by Crippen LogP contribution is 2.01. The highest BCUT2D eigenvalue weighted by atomic mass is 15.3. The van der Waals surface area contributed by atoms with Crippen LogP contribution in [0.4, 0.5) is 0 Å². The second kappa shape index (κ2) is 4.16. The summed E-state index contributed by atoms with van der Waals surface area (Å²) in [5.41, 5.74) is 1.23. The van der Waals surface area contributed by atoms with Crippen LogP contribution in [0.25, 0.3) is 0 Å². The van der Waals surface area contributed by atoms with Crippen LogP contribution in [-0.2, 0) is 13.0 Å². The number of nitrogens with zero attached hydrogens (tertiary/aromatic N) is 2. The smallest absolute Gasteiger partial charge is 0.0624 e. The van der Waals surface area contributed by atoms with Gasteiger partial charge in [-0.1, -0.05) is 13.3 Å². The number of hydrogen-bond acceptors (Lipinski definition) is 1. The van der Waals surface area contributed by atoms with Gasteiger partial charge in [-0.25, -0.2) is 0 Å². The van der Waals surface area contributed by atoms with E-state index >= 15 is 0 Å². The van der Waals surface area contributed by atoms with Crippen molar-refractivity contribution in [2.24, 2.45) is 0 Å². The van der Waals surface area contributed by atoms with Gasteiger partial charge in [-0.2, -0.15) is 5.10 Å². The fraction of sp³-hybridized carbons (Fsp3) is 0.667. The number of rotatable bonds is 4. The quantitative estimate of drug-likeness (QED) is 0.647. The maximum absolute atomic E-state index is 4.38. The topological polar surface area (TPSA) is 17.8 Å². The van der Waals surface area contributed by atoms with Gasteiger partial charge in [0.25, 0.3) is 0 Å². The fourth-order valence-electron chi connectivity index (χ4n) is 1.07. The van der Waals surface area contributed by atoms with Crippen molar-refractivity contribution in [2.45, 2.75) is 39.7 Å². The minimum absolute atomic E-state index is 0.978. The second-order valence-corrected chi connectivity index (χ2v) is 2.77. The van der Waals surface area contributed by atoms with Gasteiger partial charge >= 0.3 is 0 Å². The van der Waals surface area contributed by atoms with Crippen molar-refractivity contribution < 1.29 is 0 Å². The lowest BCUT2D eigenvalue weighted by Gasteiger charge is -1.93. The van der Waals surface area contributed by atoms with Crippen molar-refractivity contribution in [2.75, 3.05) is 0 Å². The Balaban J connectivity index is 2.44. The van der Waals surface area contributed by atoms with Crippen LogP contribution < -0.4 is 0 Å². The predicted octanol–water partition coefficient (Wildman–Crippen LogP) is 2.25. The first-order valence-corrected chi connectivity index (χ1v) is 4.39. The van der Waals surface area contributed by atoms with E-state index in [-0.39, 0.29) is 0 Å². The van der Waals surface area contributed by atoms with Crippen molar-refractivity contribution in [3.8, 4) is 0 Å². The van der Waals surface area contributed by atoms with Crippen molar-refractivity contribution >= 4 is 0 Å². The third-order valence-corrected chi connectivity index (χ3v) is 1.81. The Morgan fingerprint density at radius 3 is 2.82 bits per heavy atom. The first-order chi connectivity index (χ1) is 5.36. The minimum atomic E-state index is 0.978. The van der Waals surface area contributed by atoms with E-state index in [0.717, 1.165) is 13.0 Å². The molecule has 0 amide bonds.